The van der Waals surface area contributed by atoms with Gasteiger partial charge in [-0.3, -0.25) is 0 Å². The maximum Gasteiger partial charge on any atom is 0.336 e. The number of nitrogens with zero attached hydrogens (tertiary/aromatic N) is 3. The molecule has 4 aromatic rings. The van der Waals surface area contributed by atoms with Gasteiger partial charge in [-0.05, 0) is 53.8 Å². The van der Waals surface area contributed by atoms with E-state index in [0.29, 0.717) is 28.8 Å². The predicted octanol–water partition coefficient (Wildman–Crippen LogP) is 4.91. The SMILES string of the molecule is Cc1cc2oc(=O)cc(CSc3nnc(-c4ccco4)n3C)c2cc1C(C)C. The number of aromatic nitrogens is 3. The highest BCUT2D eigenvalue weighted by Gasteiger charge is 2.15. The fourth-order valence-corrected chi connectivity index (χ4v) is 4.24. The second-order valence-corrected chi connectivity index (χ2v) is 8.02. The van der Waals surface area contributed by atoms with E-state index in [9.17, 15) is 4.79 Å². The van der Waals surface area contributed by atoms with E-state index in [4.69, 9.17) is 8.83 Å². The van der Waals surface area contributed by atoms with Crippen molar-refractivity contribution < 1.29 is 8.83 Å². The van der Waals surface area contributed by atoms with Gasteiger partial charge in [0.1, 0.15) is 5.58 Å². The molecule has 0 amide bonds. The van der Waals surface area contributed by atoms with E-state index in [1.54, 1.807) is 12.3 Å². The summed E-state index contributed by atoms with van der Waals surface area (Å²) in [7, 11) is 1.90. The molecule has 28 heavy (non-hydrogen) atoms. The minimum Gasteiger partial charge on any atom is -0.461 e. The lowest BCUT2D eigenvalue weighted by Gasteiger charge is -2.13. The average Bonchev–Trinajstić information content (AvgIpc) is 3.28. The van der Waals surface area contributed by atoms with Gasteiger partial charge in [-0.1, -0.05) is 25.6 Å². The van der Waals surface area contributed by atoms with E-state index in [-0.39, 0.29) is 5.63 Å². The molecule has 144 valence electrons. The van der Waals surface area contributed by atoms with E-state index in [2.05, 4.69) is 30.1 Å². The maximum atomic E-state index is 12.1. The summed E-state index contributed by atoms with van der Waals surface area (Å²) in [6.45, 7) is 6.38. The number of aryl methyl sites for hydroxylation is 1. The topological polar surface area (TPSA) is 74.1 Å². The van der Waals surface area contributed by atoms with E-state index in [1.807, 2.05) is 36.7 Å². The van der Waals surface area contributed by atoms with Crippen LogP contribution in [0.15, 0.2) is 55.4 Å². The predicted molar refractivity (Wildman–Crippen MR) is 110 cm³/mol. The third kappa shape index (κ3) is 3.38. The van der Waals surface area contributed by atoms with Gasteiger partial charge in [-0.25, -0.2) is 4.79 Å². The summed E-state index contributed by atoms with van der Waals surface area (Å²) >= 11 is 1.53. The van der Waals surface area contributed by atoms with E-state index in [0.717, 1.165) is 21.7 Å². The van der Waals surface area contributed by atoms with Gasteiger partial charge < -0.3 is 13.4 Å². The average molecular weight is 395 g/mol. The van der Waals surface area contributed by atoms with Crippen LogP contribution < -0.4 is 5.63 Å². The number of hydrogen-bond acceptors (Lipinski definition) is 6. The van der Waals surface area contributed by atoms with Crippen molar-refractivity contribution in [2.45, 2.75) is 37.6 Å². The number of benzene rings is 1. The lowest BCUT2D eigenvalue weighted by Crippen LogP contribution is -2.02. The monoisotopic (exact) mass is 395 g/mol. The van der Waals surface area contributed by atoms with E-state index < -0.39 is 0 Å². The fraction of sp³-hybridized carbons (Fsp3) is 0.286. The minimum atomic E-state index is -0.339. The van der Waals surface area contributed by atoms with Crippen molar-refractivity contribution in [1.82, 2.24) is 14.8 Å². The largest absolute Gasteiger partial charge is 0.461 e. The molecule has 1 aromatic carbocycles. The zero-order chi connectivity index (χ0) is 19.8. The fourth-order valence-electron chi connectivity index (χ4n) is 3.34. The molecule has 0 saturated heterocycles. The first-order valence-electron chi connectivity index (χ1n) is 9.07. The van der Waals surface area contributed by atoms with Gasteiger partial charge in [-0.2, -0.15) is 0 Å². The lowest BCUT2D eigenvalue weighted by molar-refractivity contribution is 0.559. The van der Waals surface area contributed by atoms with Crippen LogP contribution in [0.1, 0.15) is 36.5 Å². The van der Waals surface area contributed by atoms with Crippen LogP contribution in [0, 0.1) is 6.92 Å². The van der Waals surface area contributed by atoms with Crippen LogP contribution >= 0.6 is 11.8 Å². The Balaban J connectivity index is 1.68. The Hall–Kier alpha value is -2.80. The van der Waals surface area contributed by atoms with Gasteiger partial charge in [-0.15, -0.1) is 10.2 Å². The number of thioether (sulfide) groups is 1. The molecule has 0 N–H and O–H groups in total. The summed E-state index contributed by atoms with van der Waals surface area (Å²) < 4.78 is 12.7. The van der Waals surface area contributed by atoms with Crippen LogP contribution in [-0.4, -0.2) is 14.8 Å². The van der Waals surface area contributed by atoms with Gasteiger partial charge in [0.25, 0.3) is 0 Å². The van der Waals surface area contributed by atoms with Crippen LogP contribution in [0.4, 0.5) is 0 Å². The van der Waals surface area contributed by atoms with Crippen molar-refractivity contribution in [3.8, 4) is 11.6 Å². The maximum absolute atomic E-state index is 12.1. The highest BCUT2D eigenvalue weighted by Crippen LogP contribution is 2.31. The second kappa shape index (κ2) is 7.31. The van der Waals surface area contributed by atoms with Crippen molar-refractivity contribution in [2.24, 2.45) is 7.05 Å². The first-order valence-corrected chi connectivity index (χ1v) is 10.1. The zero-order valence-electron chi connectivity index (χ0n) is 16.2. The smallest absolute Gasteiger partial charge is 0.336 e. The Bertz CT molecular complexity index is 1190. The molecule has 0 bridgehead atoms. The number of rotatable bonds is 5. The second-order valence-electron chi connectivity index (χ2n) is 7.08. The molecule has 3 heterocycles. The Morgan fingerprint density at radius 2 is 2.04 bits per heavy atom. The molecule has 0 fully saturated rings. The van der Waals surface area contributed by atoms with E-state index >= 15 is 0 Å². The standard InChI is InChI=1S/C21H21N3O3S/c1-12(2)15-10-16-14(9-19(25)27-18(16)8-13(15)3)11-28-21-23-22-20(24(21)4)17-6-5-7-26-17/h5-10,12H,11H2,1-4H3. The summed E-state index contributed by atoms with van der Waals surface area (Å²) in [5.74, 6) is 2.33. The number of furan rings is 1. The van der Waals surface area contributed by atoms with Crippen LogP contribution in [0.2, 0.25) is 0 Å². The first kappa shape index (κ1) is 18.6. The Labute approximate surface area is 166 Å². The molecular formula is C21H21N3O3S. The molecule has 6 nitrogen and oxygen atoms in total. The lowest BCUT2D eigenvalue weighted by atomic mass is 9.95. The minimum absolute atomic E-state index is 0.339. The number of hydrogen-bond donors (Lipinski definition) is 0. The molecule has 4 rings (SSSR count). The van der Waals surface area contributed by atoms with Crippen LogP contribution in [0.5, 0.6) is 0 Å². The van der Waals surface area contributed by atoms with Gasteiger partial charge in [0.2, 0.25) is 0 Å². The number of fused-ring (bicyclic) bond motifs is 1. The molecule has 3 aromatic heterocycles. The summed E-state index contributed by atoms with van der Waals surface area (Å²) in [5, 5.41) is 10.2. The molecule has 0 radical (unpaired) electrons. The third-order valence-corrected chi connectivity index (χ3v) is 5.84. The molecule has 0 unspecified atom stereocenters. The highest BCUT2D eigenvalue weighted by molar-refractivity contribution is 7.98. The Morgan fingerprint density at radius 1 is 1.21 bits per heavy atom. The molecular weight excluding hydrogens is 374 g/mol. The van der Waals surface area contributed by atoms with Crippen molar-refractivity contribution in [3.63, 3.8) is 0 Å². The summed E-state index contributed by atoms with van der Waals surface area (Å²) in [5.41, 5.74) is 3.60. The van der Waals surface area contributed by atoms with Gasteiger partial charge >= 0.3 is 5.63 Å². The van der Waals surface area contributed by atoms with Crippen LogP contribution in [0.3, 0.4) is 0 Å². The summed E-state index contributed by atoms with van der Waals surface area (Å²) in [4.78, 5) is 12.1. The highest BCUT2D eigenvalue weighted by atomic mass is 32.2. The van der Waals surface area contributed by atoms with Crippen molar-refractivity contribution in [3.05, 3.63) is 63.7 Å². The van der Waals surface area contributed by atoms with Gasteiger partial charge in [0, 0.05) is 24.3 Å². The Kier molecular flexibility index (Phi) is 4.85. The molecule has 0 spiro atoms. The molecule has 0 aliphatic heterocycles. The van der Waals surface area contributed by atoms with Crippen LogP contribution in [0.25, 0.3) is 22.6 Å². The zero-order valence-corrected chi connectivity index (χ0v) is 17.0. The van der Waals surface area contributed by atoms with Gasteiger partial charge in [0.05, 0.1) is 6.26 Å². The molecule has 0 aliphatic carbocycles. The third-order valence-electron chi connectivity index (χ3n) is 4.77. The first-order chi connectivity index (χ1) is 13.4. The summed E-state index contributed by atoms with van der Waals surface area (Å²) in [6, 6.07) is 9.33. The quantitative estimate of drug-likeness (QED) is 0.353. The Morgan fingerprint density at radius 3 is 2.75 bits per heavy atom. The molecule has 0 aliphatic rings. The molecule has 0 atom stereocenters. The normalized spacial score (nSPS) is 11.6. The molecule has 0 saturated carbocycles. The van der Waals surface area contributed by atoms with E-state index in [1.165, 1.54) is 17.3 Å². The molecule has 7 heteroatoms. The van der Waals surface area contributed by atoms with Crippen molar-refractivity contribution in [2.75, 3.05) is 0 Å². The van der Waals surface area contributed by atoms with Gasteiger partial charge in [0.15, 0.2) is 16.7 Å². The van der Waals surface area contributed by atoms with Crippen molar-refractivity contribution >= 4 is 22.7 Å². The van der Waals surface area contributed by atoms with Crippen molar-refractivity contribution in [1.29, 1.82) is 0 Å². The van der Waals surface area contributed by atoms with Crippen LogP contribution in [-0.2, 0) is 12.8 Å². The summed E-state index contributed by atoms with van der Waals surface area (Å²) in [6.07, 6.45) is 1.61.